The van der Waals surface area contributed by atoms with Crippen LogP contribution in [0, 0.1) is 6.92 Å². The van der Waals surface area contributed by atoms with Crippen molar-refractivity contribution in [1.29, 1.82) is 0 Å². The van der Waals surface area contributed by atoms with Crippen molar-refractivity contribution >= 4 is 52.9 Å². The Morgan fingerprint density at radius 3 is 2.73 bits per heavy atom. The van der Waals surface area contributed by atoms with Gasteiger partial charge in [0.15, 0.2) is 11.8 Å². The van der Waals surface area contributed by atoms with Crippen molar-refractivity contribution in [2.45, 2.75) is 39.3 Å². The number of hydrogen-bond donors (Lipinski definition) is 3. The van der Waals surface area contributed by atoms with Crippen molar-refractivity contribution in [2.75, 3.05) is 13.1 Å². The highest BCUT2D eigenvalue weighted by atomic mass is 127. The van der Waals surface area contributed by atoms with E-state index in [9.17, 15) is 5.11 Å². The molecule has 10 heteroatoms. The monoisotopic (exact) mass is 512 g/mol. The molecule has 1 unspecified atom stereocenters. The van der Waals surface area contributed by atoms with Gasteiger partial charge >= 0.3 is 0 Å². The van der Waals surface area contributed by atoms with Gasteiger partial charge in [-0.05, 0) is 25.5 Å². The Hall–Kier alpha value is -0.910. The van der Waals surface area contributed by atoms with Crippen LogP contribution in [-0.2, 0) is 13.6 Å². The molecule has 7 nitrogen and oxygen atoms in total. The summed E-state index contributed by atoms with van der Waals surface area (Å²) in [5, 5.41) is 24.9. The second kappa shape index (κ2) is 11.7. The van der Waals surface area contributed by atoms with Crippen LogP contribution < -0.4 is 10.6 Å². The van der Waals surface area contributed by atoms with E-state index in [0.29, 0.717) is 23.4 Å². The fourth-order valence-corrected chi connectivity index (χ4v) is 3.14. The average molecular weight is 513 g/mol. The summed E-state index contributed by atoms with van der Waals surface area (Å²) in [5.74, 6) is 2.29. The third-order valence-corrected chi connectivity index (χ3v) is 5.10. The standard InChI is InChI=1S/C16H25ClN6OS.HI/c1-4-5-8-18-16(20-10-15-22-21-11(2)23(15)3)19-9-12(24)13-6-7-14(17)25-13;/h6-7,12,24H,4-5,8-10H2,1-3H3,(H2,18,19,20);1H. The van der Waals surface area contributed by atoms with E-state index < -0.39 is 6.10 Å². The Morgan fingerprint density at radius 2 is 2.15 bits per heavy atom. The molecule has 26 heavy (non-hydrogen) atoms. The van der Waals surface area contributed by atoms with E-state index in [-0.39, 0.29) is 24.0 Å². The third kappa shape index (κ3) is 7.01. The molecular weight excluding hydrogens is 487 g/mol. The molecule has 0 aliphatic heterocycles. The Kier molecular flexibility index (Phi) is 10.4. The van der Waals surface area contributed by atoms with Gasteiger partial charge < -0.3 is 20.3 Å². The number of nitrogens with one attached hydrogen (secondary N) is 2. The number of nitrogens with zero attached hydrogens (tertiary/aromatic N) is 4. The summed E-state index contributed by atoms with van der Waals surface area (Å²) in [5.41, 5.74) is 0. The lowest BCUT2D eigenvalue weighted by Gasteiger charge is -2.15. The highest BCUT2D eigenvalue weighted by Crippen LogP contribution is 2.26. The normalized spacial score (nSPS) is 12.6. The highest BCUT2D eigenvalue weighted by molar-refractivity contribution is 14.0. The number of thiophene rings is 1. The van der Waals surface area contributed by atoms with Crippen molar-refractivity contribution in [3.63, 3.8) is 0 Å². The number of aryl methyl sites for hydroxylation is 1. The predicted octanol–water partition coefficient (Wildman–Crippen LogP) is 3.03. The van der Waals surface area contributed by atoms with Crippen molar-refractivity contribution < 1.29 is 5.11 Å². The number of unbranched alkanes of at least 4 members (excludes halogenated alkanes) is 1. The molecule has 2 rings (SSSR count). The molecule has 0 saturated carbocycles. The van der Waals surface area contributed by atoms with Crippen LogP contribution in [0.4, 0.5) is 0 Å². The van der Waals surface area contributed by atoms with Gasteiger partial charge in [0.05, 0.1) is 4.34 Å². The van der Waals surface area contributed by atoms with Crippen molar-refractivity contribution in [2.24, 2.45) is 12.0 Å². The van der Waals surface area contributed by atoms with Crippen LogP contribution in [0.15, 0.2) is 17.1 Å². The molecule has 0 radical (unpaired) electrons. The first kappa shape index (κ1) is 23.1. The number of halogens is 2. The molecule has 2 heterocycles. The fraction of sp³-hybridized carbons (Fsp3) is 0.562. The summed E-state index contributed by atoms with van der Waals surface area (Å²) in [7, 11) is 1.92. The first-order valence-corrected chi connectivity index (χ1v) is 9.51. The van der Waals surface area contributed by atoms with Gasteiger partial charge in [0.25, 0.3) is 0 Å². The summed E-state index contributed by atoms with van der Waals surface area (Å²) in [6.07, 6.45) is 1.51. The molecule has 0 fully saturated rings. The van der Waals surface area contributed by atoms with E-state index in [1.165, 1.54) is 11.3 Å². The number of aliphatic hydroxyl groups excluding tert-OH is 1. The molecule has 0 bridgehead atoms. The van der Waals surface area contributed by atoms with E-state index in [2.05, 4.69) is 32.7 Å². The lowest BCUT2D eigenvalue weighted by molar-refractivity contribution is 0.184. The number of aliphatic imine (C=N–C) groups is 1. The Bertz CT molecular complexity index is 705. The van der Waals surface area contributed by atoms with Crippen LogP contribution in [0.2, 0.25) is 4.34 Å². The summed E-state index contributed by atoms with van der Waals surface area (Å²) in [6.45, 7) is 5.63. The van der Waals surface area contributed by atoms with Crippen molar-refractivity contribution in [3.05, 3.63) is 33.0 Å². The smallest absolute Gasteiger partial charge is 0.191 e. The number of aromatic nitrogens is 3. The molecule has 0 aliphatic carbocycles. The van der Waals surface area contributed by atoms with Gasteiger partial charge in [-0.1, -0.05) is 24.9 Å². The number of guanidine groups is 1. The van der Waals surface area contributed by atoms with Gasteiger partial charge in [-0.2, -0.15) is 0 Å². The van der Waals surface area contributed by atoms with E-state index in [1.807, 2.05) is 24.6 Å². The summed E-state index contributed by atoms with van der Waals surface area (Å²) < 4.78 is 2.58. The molecule has 0 aromatic carbocycles. The molecule has 3 N–H and O–H groups in total. The Balaban J connectivity index is 0.00000338. The summed E-state index contributed by atoms with van der Waals surface area (Å²) in [4.78, 5) is 5.38. The van der Waals surface area contributed by atoms with Gasteiger partial charge in [0, 0.05) is 25.0 Å². The van der Waals surface area contributed by atoms with Crippen molar-refractivity contribution in [1.82, 2.24) is 25.4 Å². The molecule has 0 saturated heterocycles. The quantitative estimate of drug-likeness (QED) is 0.219. The largest absolute Gasteiger partial charge is 0.386 e. The fourth-order valence-electron chi connectivity index (χ4n) is 2.10. The summed E-state index contributed by atoms with van der Waals surface area (Å²) >= 11 is 7.30. The van der Waals surface area contributed by atoms with Crippen LogP contribution in [0.1, 0.15) is 42.4 Å². The maximum Gasteiger partial charge on any atom is 0.191 e. The van der Waals surface area contributed by atoms with E-state index in [1.54, 1.807) is 6.07 Å². The van der Waals surface area contributed by atoms with Gasteiger partial charge in [0.1, 0.15) is 18.5 Å². The Morgan fingerprint density at radius 1 is 1.38 bits per heavy atom. The van der Waals surface area contributed by atoms with Crippen LogP contribution >= 0.6 is 46.9 Å². The first-order chi connectivity index (χ1) is 12.0. The van der Waals surface area contributed by atoms with Crippen LogP contribution in [-0.4, -0.2) is 38.9 Å². The molecule has 0 aliphatic rings. The minimum Gasteiger partial charge on any atom is -0.386 e. The lowest BCUT2D eigenvalue weighted by Crippen LogP contribution is -2.40. The second-order valence-corrected chi connectivity index (χ2v) is 7.45. The maximum atomic E-state index is 10.3. The molecule has 2 aromatic rings. The van der Waals surface area contributed by atoms with Gasteiger partial charge in [-0.25, -0.2) is 4.99 Å². The van der Waals surface area contributed by atoms with E-state index >= 15 is 0 Å². The SMILES string of the molecule is CCCCNC(=NCc1nnc(C)n1C)NCC(O)c1ccc(Cl)s1.I. The van der Waals surface area contributed by atoms with Gasteiger partial charge in [-0.3, -0.25) is 0 Å². The van der Waals surface area contributed by atoms with Crippen molar-refractivity contribution in [3.8, 4) is 0 Å². The summed E-state index contributed by atoms with van der Waals surface area (Å²) in [6, 6.07) is 3.62. The first-order valence-electron chi connectivity index (χ1n) is 8.31. The molecule has 146 valence electrons. The number of hydrogen-bond acceptors (Lipinski definition) is 5. The minimum atomic E-state index is -0.632. The molecular formula is C16H26ClIN6OS. The third-order valence-electron chi connectivity index (χ3n) is 3.77. The second-order valence-electron chi connectivity index (χ2n) is 5.71. The van der Waals surface area contributed by atoms with Gasteiger partial charge in [0.2, 0.25) is 0 Å². The predicted molar refractivity (Wildman–Crippen MR) is 117 cm³/mol. The number of rotatable bonds is 8. The topological polar surface area (TPSA) is 87.4 Å². The van der Waals surface area contributed by atoms with Gasteiger partial charge in [-0.15, -0.1) is 45.5 Å². The number of aliphatic hydroxyl groups is 1. The van der Waals surface area contributed by atoms with Crippen LogP contribution in [0.5, 0.6) is 0 Å². The molecule has 0 amide bonds. The molecule has 0 spiro atoms. The highest BCUT2D eigenvalue weighted by Gasteiger charge is 2.11. The minimum absolute atomic E-state index is 0. The zero-order chi connectivity index (χ0) is 18.2. The lowest BCUT2D eigenvalue weighted by atomic mass is 10.3. The van der Waals surface area contributed by atoms with E-state index in [4.69, 9.17) is 11.6 Å². The zero-order valence-electron chi connectivity index (χ0n) is 15.2. The van der Waals surface area contributed by atoms with Crippen LogP contribution in [0.3, 0.4) is 0 Å². The van der Waals surface area contributed by atoms with Crippen LogP contribution in [0.25, 0.3) is 0 Å². The molecule has 2 aromatic heterocycles. The Labute approximate surface area is 180 Å². The van der Waals surface area contributed by atoms with E-state index in [0.717, 1.165) is 35.9 Å². The molecule has 1 atom stereocenters. The zero-order valence-corrected chi connectivity index (χ0v) is 19.1. The maximum absolute atomic E-state index is 10.3. The average Bonchev–Trinajstić information content (AvgIpc) is 3.16.